The van der Waals surface area contributed by atoms with Crippen molar-refractivity contribution in [3.8, 4) is 0 Å². The van der Waals surface area contributed by atoms with Gasteiger partial charge in [0, 0.05) is 12.4 Å². The molecule has 0 radical (unpaired) electrons. The first kappa shape index (κ1) is 13.4. The van der Waals surface area contributed by atoms with E-state index in [4.69, 9.17) is 11.6 Å². The molecule has 0 bridgehead atoms. The van der Waals surface area contributed by atoms with Crippen LogP contribution in [0.2, 0.25) is 0 Å². The number of hydrogen-bond donors (Lipinski definition) is 1. The molecule has 0 saturated heterocycles. The highest BCUT2D eigenvalue weighted by molar-refractivity contribution is 6.17. The molecule has 3 nitrogen and oxygen atoms in total. The topological polar surface area (TPSA) is 37.8 Å². The van der Waals surface area contributed by atoms with Gasteiger partial charge in [-0.2, -0.15) is 13.2 Å². The molecule has 1 aliphatic carbocycles. The van der Waals surface area contributed by atoms with Gasteiger partial charge in [-0.3, -0.25) is 0 Å². The molecule has 100 valence electrons. The lowest BCUT2D eigenvalue weighted by atomic mass is 10.0. The number of nitrogens with one attached hydrogen (secondary N) is 1. The van der Waals surface area contributed by atoms with E-state index in [9.17, 15) is 13.2 Å². The zero-order valence-electron chi connectivity index (χ0n) is 9.60. The zero-order chi connectivity index (χ0) is 13.2. The molecule has 0 aliphatic heterocycles. The third kappa shape index (κ3) is 3.25. The van der Waals surface area contributed by atoms with E-state index < -0.39 is 11.9 Å². The second kappa shape index (κ2) is 4.91. The van der Waals surface area contributed by atoms with Crippen LogP contribution in [0.15, 0.2) is 12.1 Å². The smallest absolute Gasteiger partial charge is 0.368 e. The van der Waals surface area contributed by atoms with Gasteiger partial charge in [0.15, 0.2) is 5.69 Å². The lowest BCUT2D eigenvalue weighted by molar-refractivity contribution is -0.141. The first-order chi connectivity index (χ1) is 8.45. The maximum absolute atomic E-state index is 12.3. The van der Waals surface area contributed by atoms with Crippen molar-refractivity contribution in [1.29, 1.82) is 0 Å². The largest absolute Gasteiger partial charge is 0.435 e. The van der Waals surface area contributed by atoms with Gasteiger partial charge in [0.25, 0.3) is 0 Å². The summed E-state index contributed by atoms with van der Waals surface area (Å²) in [5.41, 5.74) is -0.776. The number of aromatic nitrogens is 2. The van der Waals surface area contributed by atoms with Crippen LogP contribution in [0.25, 0.3) is 0 Å². The number of alkyl halides is 4. The van der Waals surface area contributed by atoms with Crippen molar-refractivity contribution >= 4 is 17.4 Å². The Morgan fingerprint density at radius 1 is 1.28 bits per heavy atom. The fraction of sp³-hybridized carbons (Fsp3) is 0.636. The first-order valence-corrected chi connectivity index (χ1v) is 6.19. The third-order valence-electron chi connectivity index (χ3n) is 3.18. The zero-order valence-corrected chi connectivity index (χ0v) is 10.4. The molecule has 0 amide bonds. The average Bonchev–Trinajstić information content (AvgIpc) is 3.07. The van der Waals surface area contributed by atoms with Crippen molar-refractivity contribution in [3.05, 3.63) is 17.8 Å². The van der Waals surface area contributed by atoms with Crippen LogP contribution < -0.4 is 5.32 Å². The highest BCUT2D eigenvalue weighted by atomic mass is 35.5. The summed E-state index contributed by atoms with van der Waals surface area (Å²) in [5, 5.41) is 9.69. The molecule has 18 heavy (non-hydrogen) atoms. The lowest BCUT2D eigenvalue weighted by Crippen LogP contribution is -2.17. The van der Waals surface area contributed by atoms with Crippen molar-refractivity contribution in [2.45, 2.75) is 25.4 Å². The van der Waals surface area contributed by atoms with Gasteiger partial charge < -0.3 is 5.32 Å². The monoisotopic (exact) mass is 279 g/mol. The molecule has 1 aromatic rings. The molecular weight excluding hydrogens is 267 g/mol. The Morgan fingerprint density at radius 2 is 2.00 bits per heavy atom. The third-order valence-corrected chi connectivity index (χ3v) is 3.37. The predicted molar refractivity (Wildman–Crippen MR) is 62.5 cm³/mol. The van der Waals surface area contributed by atoms with Crippen molar-refractivity contribution in [2.75, 3.05) is 17.7 Å². The molecule has 0 aromatic carbocycles. The highest BCUT2D eigenvalue weighted by Gasteiger charge is 2.41. The Morgan fingerprint density at radius 3 is 2.44 bits per heavy atom. The fourth-order valence-electron chi connectivity index (χ4n) is 1.75. The Labute approximate surface area is 108 Å². The van der Waals surface area contributed by atoms with Gasteiger partial charge in [0.1, 0.15) is 5.82 Å². The van der Waals surface area contributed by atoms with E-state index >= 15 is 0 Å². The summed E-state index contributed by atoms with van der Waals surface area (Å²) < 4.78 is 36.8. The van der Waals surface area contributed by atoms with Crippen molar-refractivity contribution in [3.63, 3.8) is 0 Å². The van der Waals surface area contributed by atoms with E-state index in [-0.39, 0.29) is 5.41 Å². The lowest BCUT2D eigenvalue weighted by Gasteiger charge is -2.14. The number of halogens is 4. The Balaban J connectivity index is 1.91. The van der Waals surface area contributed by atoms with Gasteiger partial charge in [-0.1, -0.05) is 0 Å². The van der Waals surface area contributed by atoms with E-state index in [0.29, 0.717) is 18.2 Å². The highest BCUT2D eigenvalue weighted by Crippen LogP contribution is 2.48. The van der Waals surface area contributed by atoms with Crippen LogP contribution in [-0.2, 0) is 6.18 Å². The van der Waals surface area contributed by atoms with Crippen molar-refractivity contribution in [2.24, 2.45) is 5.41 Å². The molecule has 1 fully saturated rings. The maximum atomic E-state index is 12.3. The second-order valence-electron chi connectivity index (χ2n) is 4.59. The van der Waals surface area contributed by atoms with E-state index in [1.807, 2.05) is 0 Å². The molecule has 0 atom stereocenters. The molecule has 7 heteroatoms. The van der Waals surface area contributed by atoms with Gasteiger partial charge in [-0.25, -0.2) is 0 Å². The van der Waals surface area contributed by atoms with Crippen LogP contribution >= 0.6 is 11.6 Å². The summed E-state index contributed by atoms with van der Waals surface area (Å²) in [7, 11) is 0. The molecule has 1 aliphatic rings. The minimum atomic E-state index is -4.44. The van der Waals surface area contributed by atoms with Gasteiger partial charge in [-0.05, 0) is 36.8 Å². The van der Waals surface area contributed by atoms with Crippen LogP contribution in [-0.4, -0.2) is 22.6 Å². The molecule has 1 heterocycles. The van der Waals surface area contributed by atoms with Crippen LogP contribution in [0.1, 0.15) is 25.0 Å². The van der Waals surface area contributed by atoms with Gasteiger partial charge in [0.2, 0.25) is 0 Å². The van der Waals surface area contributed by atoms with Gasteiger partial charge in [-0.15, -0.1) is 21.8 Å². The predicted octanol–water partition coefficient (Wildman–Crippen LogP) is 3.32. The van der Waals surface area contributed by atoms with E-state index in [0.717, 1.165) is 25.3 Å². The minimum absolute atomic E-state index is 0.201. The number of rotatable bonds is 5. The molecular formula is C11H13ClF3N3. The summed E-state index contributed by atoms with van der Waals surface area (Å²) >= 11 is 5.70. The second-order valence-corrected chi connectivity index (χ2v) is 4.97. The summed E-state index contributed by atoms with van der Waals surface area (Å²) in [6.45, 7) is 0.680. The first-order valence-electron chi connectivity index (χ1n) is 5.66. The van der Waals surface area contributed by atoms with E-state index in [1.54, 1.807) is 0 Å². The van der Waals surface area contributed by atoms with Crippen LogP contribution in [0, 0.1) is 5.41 Å². The minimum Gasteiger partial charge on any atom is -0.368 e. The van der Waals surface area contributed by atoms with Gasteiger partial charge >= 0.3 is 6.18 Å². The van der Waals surface area contributed by atoms with Crippen LogP contribution in [0.4, 0.5) is 19.0 Å². The van der Waals surface area contributed by atoms with E-state index in [2.05, 4.69) is 15.5 Å². The SMILES string of the molecule is FC(F)(F)c1ccc(NCC2(CCCl)CC2)nn1. The van der Waals surface area contributed by atoms with E-state index in [1.165, 1.54) is 6.07 Å². The summed E-state index contributed by atoms with van der Waals surface area (Å²) in [6, 6.07) is 2.23. The van der Waals surface area contributed by atoms with Crippen LogP contribution in [0.5, 0.6) is 0 Å². The maximum Gasteiger partial charge on any atom is 0.435 e. The Bertz CT molecular complexity index is 401. The number of nitrogens with zero attached hydrogens (tertiary/aromatic N) is 2. The average molecular weight is 280 g/mol. The molecule has 1 saturated carbocycles. The summed E-state index contributed by atoms with van der Waals surface area (Å²) in [6.07, 6.45) is -1.33. The summed E-state index contributed by atoms with van der Waals surface area (Å²) in [5.74, 6) is 0.962. The Kier molecular flexibility index (Phi) is 3.66. The number of hydrogen-bond acceptors (Lipinski definition) is 3. The molecule has 0 unspecified atom stereocenters. The summed E-state index contributed by atoms with van der Waals surface area (Å²) in [4.78, 5) is 0. The Hall–Kier alpha value is -1.04. The van der Waals surface area contributed by atoms with Crippen LogP contribution in [0.3, 0.4) is 0 Å². The standard InChI is InChI=1S/C11H13ClF3N3/c12-6-5-10(3-4-10)7-16-9-2-1-8(17-18-9)11(13,14)15/h1-2H,3-7H2,(H,16,18). The quantitative estimate of drug-likeness (QED) is 0.840. The van der Waals surface area contributed by atoms with Gasteiger partial charge in [0.05, 0.1) is 0 Å². The molecule has 1 aromatic heterocycles. The molecule has 1 N–H and O–H groups in total. The van der Waals surface area contributed by atoms with Crippen molar-refractivity contribution in [1.82, 2.24) is 10.2 Å². The molecule has 2 rings (SSSR count). The van der Waals surface area contributed by atoms with Crippen molar-refractivity contribution < 1.29 is 13.2 Å². The fourth-order valence-corrected chi connectivity index (χ4v) is 2.15. The molecule has 0 spiro atoms. The normalized spacial score (nSPS) is 17.6. The number of anilines is 1.